The highest BCUT2D eigenvalue weighted by Gasteiger charge is 2.21. The van der Waals surface area contributed by atoms with E-state index in [9.17, 15) is 9.90 Å². The van der Waals surface area contributed by atoms with Crippen molar-refractivity contribution in [1.82, 2.24) is 5.32 Å². The minimum atomic E-state index is -0.581. The number of aromatic hydroxyl groups is 1. The lowest BCUT2D eigenvalue weighted by Gasteiger charge is -2.12. The van der Waals surface area contributed by atoms with Crippen molar-refractivity contribution < 1.29 is 14.6 Å². The normalized spacial score (nSPS) is 15.8. The number of ether oxygens (including phenoxy) is 1. The van der Waals surface area contributed by atoms with Crippen LogP contribution in [0.5, 0.6) is 5.75 Å². The van der Waals surface area contributed by atoms with E-state index in [1.54, 1.807) is 24.3 Å². The fourth-order valence-corrected chi connectivity index (χ4v) is 1.89. The minimum Gasteiger partial charge on any atom is -0.508 e. The summed E-state index contributed by atoms with van der Waals surface area (Å²) in [5.74, 6) is 0.773. The van der Waals surface area contributed by atoms with Gasteiger partial charge in [0.15, 0.2) is 0 Å². The zero-order valence-electron chi connectivity index (χ0n) is 11.5. The quantitative estimate of drug-likeness (QED) is 0.614. The van der Waals surface area contributed by atoms with E-state index >= 15 is 0 Å². The second-order valence-electron chi connectivity index (χ2n) is 5.29. The van der Waals surface area contributed by atoms with Crippen LogP contribution in [0.4, 0.5) is 0 Å². The zero-order chi connectivity index (χ0) is 14.4. The van der Waals surface area contributed by atoms with Crippen molar-refractivity contribution in [3.63, 3.8) is 0 Å². The molecule has 0 aliphatic heterocycles. The molecule has 0 spiro atoms. The Balaban J connectivity index is 1.61. The summed E-state index contributed by atoms with van der Waals surface area (Å²) < 4.78 is 5.44. The number of rotatable bonds is 8. The summed E-state index contributed by atoms with van der Waals surface area (Å²) in [4.78, 5) is 11.8. The molecule has 0 unspecified atom stereocenters. The van der Waals surface area contributed by atoms with E-state index in [1.807, 2.05) is 0 Å². The van der Waals surface area contributed by atoms with Gasteiger partial charge in [-0.25, -0.2) is 0 Å². The van der Waals surface area contributed by atoms with Gasteiger partial charge in [0, 0.05) is 13.2 Å². The fourth-order valence-electron chi connectivity index (χ4n) is 1.89. The summed E-state index contributed by atoms with van der Waals surface area (Å²) in [5, 5.41) is 12.0. The monoisotopic (exact) mass is 278 g/mol. The predicted molar refractivity (Wildman–Crippen MR) is 76.3 cm³/mol. The van der Waals surface area contributed by atoms with Crippen LogP contribution in [0, 0.1) is 5.92 Å². The topological polar surface area (TPSA) is 84.6 Å². The van der Waals surface area contributed by atoms with Crippen molar-refractivity contribution >= 4 is 5.91 Å². The Kier molecular flexibility index (Phi) is 5.38. The van der Waals surface area contributed by atoms with Gasteiger partial charge in [0.25, 0.3) is 0 Å². The minimum absolute atomic E-state index is 0.173. The molecule has 2 rings (SSSR count). The predicted octanol–water partition coefficient (Wildman–Crippen LogP) is 0.805. The van der Waals surface area contributed by atoms with Crippen LogP contribution in [0.25, 0.3) is 0 Å². The molecule has 1 aromatic rings. The van der Waals surface area contributed by atoms with Crippen molar-refractivity contribution in [2.75, 3.05) is 19.8 Å². The number of benzene rings is 1. The van der Waals surface area contributed by atoms with Gasteiger partial charge in [0.1, 0.15) is 5.75 Å². The average Bonchev–Trinajstić information content (AvgIpc) is 3.25. The summed E-state index contributed by atoms with van der Waals surface area (Å²) in [6, 6.07) is 6.13. The number of carbonyl (C=O) groups is 1. The molecule has 1 aliphatic carbocycles. The second kappa shape index (κ2) is 7.26. The van der Waals surface area contributed by atoms with Crippen LogP contribution >= 0.6 is 0 Å². The van der Waals surface area contributed by atoms with E-state index in [0.717, 1.165) is 18.1 Å². The van der Waals surface area contributed by atoms with Crippen LogP contribution in [0.3, 0.4) is 0 Å². The summed E-state index contributed by atoms with van der Waals surface area (Å²) in [5.41, 5.74) is 6.77. The number of hydrogen-bond acceptors (Lipinski definition) is 4. The Bertz CT molecular complexity index is 429. The van der Waals surface area contributed by atoms with Gasteiger partial charge < -0.3 is 20.9 Å². The maximum Gasteiger partial charge on any atom is 0.237 e. The molecular formula is C15H22N2O3. The Hall–Kier alpha value is -1.59. The molecule has 0 radical (unpaired) electrons. The number of nitrogens with two attached hydrogens (primary N) is 1. The Morgan fingerprint density at radius 3 is 2.75 bits per heavy atom. The third kappa shape index (κ3) is 5.19. The standard InChI is InChI=1S/C15H22N2O3/c16-14(9-11-3-5-13(18)6-4-11)15(19)17-7-8-20-10-12-1-2-12/h3-6,12,14,18H,1-2,7-10,16H2,(H,17,19)/t14-/m0/s1. The van der Waals surface area contributed by atoms with Crippen LogP contribution < -0.4 is 11.1 Å². The summed E-state index contributed by atoms with van der Waals surface area (Å²) in [6.45, 7) is 1.83. The summed E-state index contributed by atoms with van der Waals surface area (Å²) in [7, 11) is 0. The first-order valence-electron chi connectivity index (χ1n) is 7.04. The molecule has 20 heavy (non-hydrogen) atoms. The van der Waals surface area contributed by atoms with Crippen LogP contribution in [0.1, 0.15) is 18.4 Å². The lowest BCUT2D eigenvalue weighted by molar-refractivity contribution is -0.122. The number of amides is 1. The molecule has 1 aromatic carbocycles. The molecule has 0 saturated heterocycles. The molecule has 1 fully saturated rings. The highest BCUT2D eigenvalue weighted by Crippen LogP contribution is 2.28. The largest absolute Gasteiger partial charge is 0.508 e. The molecule has 0 bridgehead atoms. The average molecular weight is 278 g/mol. The molecule has 1 amide bonds. The van der Waals surface area contributed by atoms with E-state index in [-0.39, 0.29) is 11.7 Å². The smallest absolute Gasteiger partial charge is 0.237 e. The van der Waals surface area contributed by atoms with Crippen LogP contribution in [-0.2, 0) is 16.0 Å². The lowest BCUT2D eigenvalue weighted by atomic mass is 10.1. The summed E-state index contributed by atoms with van der Waals surface area (Å²) >= 11 is 0. The molecule has 1 atom stereocenters. The third-order valence-corrected chi connectivity index (χ3v) is 3.32. The van der Waals surface area contributed by atoms with Crippen LogP contribution in [0.2, 0.25) is 0 Å². The molecule has 5 heteroatoms. The second-order valence-corrected chi connectivity index (χ2v) is 5.29. The summed E-state index contributed by atoms with van der Waals surface area (Å²) in [6.07, 6.45) is 2.99. The van der Waals surface area contributed by atoms with Gasteiger partial charge in [-0.1, -0.05) is 12.1 Å². The molecule has 1 saturated carbocycles. The molecular weight excluding hydrogens is 256 g/mol. The third-order valence-electron chi connectivity index (χ3n) is 3.32. The van der Waals surface area contributed by atoms with Crippen molar-refractivity contribution in [3.8, 4) is 5.75 Å². The highest BCUT2D eigenvalue weighted by molar-refractivity contribution is 5.81. The van der Waals surface area contributed by atoms with Gasteiger partial charge >= 0.3 is 0 Å². The number of phenolic OH excluding ortho intramolecular Hbond substituents is 1. The Morgan fingerprint density at radius 1 is 1.40 bits per heavy atom. The molecule has 0 aromatic heterocycles. The highest BCUT2D eigenvalue weighted by atomic mass is 16.5. The zero-order valence-corrected chi connectivity index (χ0v) is 11.5. The molecule has 4 N–H and O–H groups in total. The Morgan fingerprint density at radius 2 is 2.10 bits per heavy atom. The van der Waals surface area contributed by atoms with E-state index < -0.39 is 6.04 Å². The number of hydrogen-bond donors (Lipinski definition) is 3. The van der Waals surface area contributed by atoms with Crippen molar-refractivity contribution in [3.05, 3.63) is 29.8 Å². The first-order chi connectivity index (χ1) is 9.65. The van der Waals surface area contributed by atoms with Gasteiger partial charge in [-0.2, -0.15) is 0 Å². The van der Waals surface area contributed by atoms with E-state index in [1.165, 1.54) is 12.8 Å². The van der Waals surface area contributed by atoms with Crippen LogP contribution in [0.15, 0.2) is 24.3 Å². The molecule has 5 nitrogen and oxygen atoms in total. The van der Waals surface area contributed by atoms with E-state index in [0.29, 0.717) is 19.6 Å². The number of carbonyl (C=O) groups excluding carboxylic acids is 1. The van der Waals surface area contributed by atoms with E-state index in [4.69, 9.17) is 10.5 Å². The van der Waals surface area contributed by atoms with Gasteiger partial charge in [0.2, 0.25) is 5.91 Å². The molecule has 0 heterocycles. The first-order valence-corrected chi connectivity index (χ1v) is 7.04. The van der Waals surface area contributed by atoms with Gasteiger partial charge in [-0.15, -0.1) is 0 Å². The van der Waals surface area contributed by atoms with Gasteiger partial charge in [0.05, 0.1) is 12.6 Å². The van der Waals surface area contributed by atoms with Gasteiger partial charge in [-0.05, 0) is 42.9 Å². The Labute approximate surface area is 119 Å². The van der Waals surface area contributed by atoms with Crippen LogP contribution in [-0.4, -0.2) is 36.8 Å². The van der Waals surface area contributed by atoms with E-state index in [2.05, 4.69) is 5.32 Å². The lowest BCUT2D eigenvalue weighted by Crippen LogP contribution is -2.43. The SMILES string of the molecule is N[C@@H](Cc1ccc(O)cc1)C(=O)NCCOCC1CC1. The molecule has 1 aliphatic rings. The van der Waals surface area contributed by atoms with Crippen molar-refractivity contribution in [2.45, 2.75) is 25.3 Å². The van der Waals surface area contributed by atoms with Crippen molar-refractivity contribution in [1.29, 1.82) is 0 Å². The van der Waals surface area contributed by atoms with Gasteiger partial charge in [-0.3, -0.25) is 4.79 Å². The number of nitrogens with one attached hydrogen (secondary N) is 1. The first kappa shape index (κ1) is 14.8. The maximum absolute atomic E-state index is 11.8. The number of phenols is 1. The molecule has 110 valence electrons. The maximum atomic E-state index is 11.8. The fraction of sp³-hybridized carbons (Fsp3) is 0.533. The van der Waals surface area contributed by atoms with Crippen molar-refractivity contribution in [2.24, 2.45) is 11.7 Å².